The summed E-state index contributed by atoms with van der Waals surface area (Å²) in [6.45, 7) is 0. The molecular weight excluding hydrogens is 516 g/mol. The Morgan fingerprint density at radius 3 is 2.15 bits per heavy atom. The molecule has 0 amide bonds. The Morgan fingerprint density at radius 1 is 1.00 bits per heavy atom. The Morgan fingerprint density at radius 2 is 1.62 bits per heavy atom. The molecule has 34 heavy (non-hydrogen) atoms. The van der Waals surface area contributed by atoms with Crippen LogP contribution in [-0.4, -0.2) is 54.2 Å². The molecule has 2 aromatic heterocycles. The maximum atomic E-state index is 13.1. The molecule has 10 heteroatoms. The van der Waals surface area contributed by atoms with Crippen LogP contribution in [-0.2, 0) is 10.0 Å². The first-order chi connectivity index (χ1) is 16.3. The third kappa shape index (κ3) is 5.46. The van der Waals surface area contributed by atoms with Gasteiger partial charge in [0.05, 0.1) is 28.3 Å². The van der Waals surface area contributed by atoms with Crippen LogP contribution in [0.5, 0.6) is 0 Å². The van der Waals surface area contributed by atoms with E-state index in [0.29, 0.717) is 15.9 Å². The Kier molecular flexibility index (Phi) is 6.99. The zero-order valence-corrected chi connectivity index (χ0v) is 20.8. The topological polar surface area (TPSA) is 92.8 Å². The van der Waals surface area contributed by atoms with Crippen molar-refractivity contribution in [3.8, 4) is 5.82 Å². The van der Waals surface area contributed by atoms with Crippen molar-refractivity contribution in [3.05, 3.63) is 101 Å². The molecule has 4 aromatic rings. The summed E-state index contributed by atoms with van der Waals surface area (Å²) in [5.74, 6) is 0.126. The van der Waals surface area contributed by atoms with Gasteiger partial charge in [-0.2, -0.15) is 13.5 Å². The number of aromatic nitrogens is 3. The summed E-state index contributed by atoms with van der Waals surface area (Å²) in [5.41, 5.74) is 2.85. The van der Waals surface area contributed by atoms with E-state index >= 15 is 0 Å². The van der Waals surface area contributed by atoms with E-state index in [1.165, 1.54) is 23.3 Å². The highest BCUT2D eigenvalue weighted by Gasteiger charge is 2.22. The third-order valence-corrected chi connectivity index (χ3v) is 6.25. The Bertz CT molecular complexity index is 1410. The van der Waals surface area contributed by atoms with Crippen molar-refractivity contribution in [1.82, 2.24) is 19.7 Å². The fourth-order valence-corrected chi connectivity index (χ4v) is 4.46. The normalized spacial score (nSPS) is 11.5. The van der Waals surface area contributed by atoms with Gasteiger partial charge in [0, 0.05) is 31.4 Å². The van der Waals surface area contributed by atoms with Crippen molar-refractivity contribution >= 4 is 43.7 Å². The molecule has 0 radical (unpaired) electrons. The van der Waals surface area contributed by atoms with Crippen molar-refractivity contribution in [1.29, 1.82) is 0 Å². The van der Waals surface area contributed by atoms with Crippen LogP contribution in [0.15, 0.2) is 104 Å². The van der Waals surface area contributed by atoms with Crippen LogP contribution in [0.4, 0.5) is 5.69 Å². The van der Waals surface area contributed by atoms with E-state index in [9.17, 15) is 8.42 Å². The molecule has 0 saturated heterocycles. The van der Waals surface area contributed by atoms with E-state index in [2.05, 4.69) is 30.4 Å². The maximum Gasteiger partial charge on any atom is 0.287 e. The number of benzene rings is 2. The van der Waals surface area contributed by atoms with Gasteiger partial charge in [-0.25, -0.2) is 14.7 Å². The van der Waals surface area contributed by atoms with Crippen LogP contribution in [0.3, 0.4) is 0 Å². The van der Waals surface area contributed by atoms with Gasteiger partial charge < -0.3 is 4.90 Å². The first-order valence-electron chi connectivity index (χ1n) is 10.2. The molecule has 0 atom stereocenters. The molecule has 4 rings (SSSR count). The highest BCUT2D eigenvalue weighted by molar-refractivity contribution is 9.10. The lowest BCUT2D eigenvalue weighted by Crippen LogP contribution is -2.12. The van der Waals surface area contributed by atoms with E-state index in [-0.39, 0.29) is 10.7 Å². The number of rotatable bonds is 7. The van der Waals surface area contributed by atoms with Gasteiger partial charge in [-0.3, -0.25) is 0 Å². The molecule has 0 bridgehead atoms. The average molecular weight is 537 g/mol. The summed E-state index contributed by atoms with van der Waals surface area (Å²) in [5, 5.41) is 4.19. The zero-order chi connectivity index (χ0) is 24.1. The molecule has 0 unspecified atom stereocenters. The van der Waals surface area contributed by atoms with Crippen LogP contribution >= 0.6 is 15.9 Å². The lowest BCUT2D eigenvalue weighted by molar-refractivity contribution is 0.593. The summed E-state index contributed by atoms with van der Waals surface area (Å²) in [7, 11) is -0.713. The van der Waals surface area contributed by atoms with E-state index in [1.54, 1.807) is 31.4 Å². The molecule has 0 fully saturated rings. The number of aliphatic imine (C=N–C) groups is 1. The Labute approximate surface area is 206 Å². The van der Waals surface area contributed by atoms with Gasteiger partial charge in [-0.05, 0) is 22.0 Å². The van der Waals surface area contributed by atoms with Crippen molar-refractivity contribution in [2.75, 3.05) is 14.1 Å². The molecule has 8 nitrogen and oxygen atoms in total. The van der Waals surface area contributed by atoms with Gasteiger partial charge in [0.2, 0.25) is 0 Å². The summed E-state index contributed by atoms with van der Waals surface area (Å²) in [6, 6.07) is 20.8. The van der Waals surface area contributed by atoms with Crippen molar-refractivity contribution < 1.29 is 8.42 Å². The van der Waals surface area contributed by atoms with E-state index in [0.717, 1.165) is 11.1 Å². The number of hydrogen-bond donors (Lipinski definition) is 0. The summed E-state index contributed by atoms with van der Waals surface area (Å²) in [6.07, 6.45) is 5.92. The molecular formula is C24H21BrN6O2S. The second kappa shape index (κ2) is 10.1. The molecule has 0 N–H and O–H groups in total. The largest absolute Gasteiger partial charge is 0.368 e. The smallest absolute Gasteiger partial charge is 0.287 e. The predicted octanol–water partition coefficient (Wildman–Crippen LogP) is 4.48. The van der Waals surface area contributed by atoms with Gasteiger partial charge in [-0.15, -0.1) is 4.40 Å². The summed E-state index contributed by atoms with van der Waals surface area (Å²) >= 11 is 3.33. The number of nitrogens with zero attached hydrogens (tertiary/aromatic N) is 6. The van der Waals surface area contributed by atoms with Crippen molar-refractivity contribution in [2.45, 2.75) is 4.90 Å². The van der Waals surface area contributed by atoms with Gasteiger partial charge in [0.1, 0.15) is 11.2 Å². The summed E-state index contributed by atoms with van der Waals surface area (Å²) < 4.78 is 32.2. The van der Waals surface area contributed by atoms with Crippen LogP contribution in [0.2, 0.25) is 0 Å². The van der Waals surface area contributed by atoms with Gasteiger partial charge in [0.15, 0.2) is 5.82 Å². The minimum Gasteiger partial charge on any atom is -0.368 e. The quantitative estimate of drug-likeness (QED) is 0.256. The van der Waals surface area contributed by atoms with Crippen LogP contribution in [0, 0.1) is 0 Å². The van der Waals surface area contributed by atoms with Crippen molar-refractivity contribution in [2.24, 2.45) is 9.39 Å². The third-order valence-electron chi connectivity index (χ3n) is 4.62. The molecule has 0 aliphatic rings. The second-order valence-corrected chi connectivity index (χ2v) is 9.99. The van der Waals surface area contributed by atoms with Crippen LogP contribution in [0.1, 0.15) is 11.1 Å². The zero-order valence-electron chi connectivity index (χ0n) is 18.4. The summed E-state index contributed by atoms with van der Waals surface area (Å²) in [4.78, 5) is 10.6. The highest BCUT2D eigenvalue weighted by Crippen LogP contribution is 2.27. The number of hydrogen-bond acceptors (Lipinski definition) is 5. The molecule has 0 aliphatic carbocycles. The first-order valence-corrected chi connectivity index (χ1v) is 12.4. The highest BCUT2D eigenvalue weighted by atomic mass is 79.9. The number of pyridine rings is 1. The van der Waals surface area contributed by atoms with E-state index in [1.807, 2.05) is 60.7 Å². The Hall–Kier alpha value is -3.63. The minimum absolute atomic E-state index is 0.108. The molecule has 172 valence electrons. The fraction of sp³-hybridized carbons (Fsp3) is 0.0833. The van der Waals surface area contributed by atoms with E-state index < -0.39 is 10.0 Å². The second-order valence-electron chi connectivity index (χ2n) is 7.47. The monoisotopic (exact) mass is 536 g/mol. The lowest BCUT2D eigenvalue weighted by Gasteiger charge is -2.11. The predicted molar refractivity (Wildman–Crippen MR) is 137 cm³/mol. The van der Waals surface area contributed by atoms with Crippen LogP contribution < -0.4 is 0 Å². The molecule has 0 saturated carbocycles. The van der Waals surface area contributed by atoms with Gasteiger partial charge >= 0.3 is 0 Å². The molecule has 2 heterocycles. The number of halogens is 1. The van der Waals surface area contributed by atoms with Crippen LogP contribution in [0.25, 0.3) is 5.82 Å². The number of sulfonamides is 1. The molecule has 0 spiro atoms. The molecule has 0 aliphatic heterocycles. The van der Waals surface area contributed by atoms with Gasteiger partial charge in [-0.1, -0.05) is 60.7 Å². The average Bonchev–Trinajstić information content (AvgIpc) is 3.28. The fourth-order valence-electron chi connectivity index (χ4n) is 3.10. The van der Waals surface area contributed by atoms with Crippen molar-refractivity contribution in [3.63, 3.8) is 0 Å². The standard InChI is InChI=1S/C24H21BrN6O2S/c1-30(2)17-28-34(32,33)22-13-21(15-26-24(22)31-16-20(25)14-27-31)29-23(18-9-5-3-6-10-18)19-11-7-4-8-12-19/h3-17H,1-2H3. The lowest BCUT2D eigenvalue weighted by atomic mass is 10.0. The van der Waals surface area contributed by atoms with E-state index in [4.69, 9.17) is 4.99 Å². The first kappa shape index (κ1) is 23.5. The maximum absolute atomic E-state index is 13.1. The Balaban J connectivity index is 1.91. The molecule has 2 aromatic carbocycles. The minimum atomic E-state index is -4.09. The SMILES string of the molecule is CN(C)C=NS(=O)(=O)c1cc(N=C(c2ccccc2)c2ccccc2)cnc1-n1cc(Br)cn1. The van der Waals surface area contributed by atoms with Gasteiger partial charge in [0.25, 0.3) is 10.0 Å².